The lowest BCUT2D eigenvalue weighted by Gasteiger charge is -2.24. The van der Waals surface area contributed by atoms with E-state index in [2.05, 4.69) is 24.3 Å². The summed E-state index contributed by atoms with van der Waals surface area (Å²) in [4.78, 5) is 13.2. The summed E-state index contributed by atoms with van der Waals surface area (Å²) in [5.41, 5.74) is 2.03. The van der Waals surface area contributed by atoms with E-state index in [9.17, 15) is 4.79 Å². The molecule has 1 aliphatic heterocycles. The third-order valence-electron chi connectivity index (χ3n) is 3.20. The topological polar surface area (TPSA) is 58.4 Å². The molecule has 0 aromatic carbocycles. The number of rotatable bonds is 4. The molecular formula is C13H21N3O2. The molecular weight excluding hydrogens is 230 g/mol. The zero-order valence-electron chi connectivity index (χ0n) is 11.3. The van der Waals surface area contributed by atoms with Gasteiger partial charge in [0.25, 0.3) is 0 Å². The second kappa shape index (κ2) is 5.52. The number of amides is 1. The van der Waals surface area contributed by atoms with Crippen LogP contribution in [-0.4, -0.2) is 29.1 Å². The number of hydrogen-bond acceptors (Lipinski definition) is 4. The van der Waals surface area contributed by atoms with Gasteiger partial charge in [-0.15, -0.1) is 0 Å². The molecule has 1 aliphatic rings. The van der Waals surface area contributed by atoms with Gasteiger partial charge in [-0.1, -0.05) is 19.0 Å². The highest BCUT2D eigenvalue weighted by molar-refractivity contribution is 5.73. The summed E-state index contributed by atoms with van der Waals surface area (Å²) in [6.07, 6.45) is 0.770. The first-order valence-corrected chi connectivity index (χ1v) is 6.50. The average Bonchev–Trinajstić information content (AvgIpc) is 2.71. The number of nitrogens with one attached hydrogen (secondary N) is 1. The fourth-order valence-electron chi connectivity index (χ4n) is 2.15. The van der Waals surface area contributed by atoms with Crippen molar-refractivity contribution in [3.8, 4) is 0 Å². The summed E-state index contributed by atoms with van der Waals surface area (Å²) in [5.74, 6) is 1.67. The largest absolute Gasteiger partial charge is 0.361 e. The van der Waals surface area contributed by atoms with Crippen molar-refractivity contribution in [3.05, 3.63) is 17.0 Å². The molecule has 1 N–H and O–H groups in total. The van der Waals surface area contributed by atoms with Gasteiger partial charge in [0.2, 0.25) is 5.91 Å². The summed E-state index contributed by atoms with van der Waals surface area (Å²) >= 11 is 0. The maximum atomic E-state index is 11.4. The van der Waals surface area contributed by atoms with Gasteiger partial charge in [0.1, 0.15) is 11.5 Å². The number of nitrogens with zero attached hydrogens (tertiary/aromatic N) is 2. The first-order chi connectivity index (χ1) is 8.58. The number of fused-ring (bicyclic) bond motifs is 1. The van der Waals surface area contributed by atoms with E-state index in [1.165, 1.54) is 0 Å². The maximum Gasteiger partial charge on any atom is 0.219 e. The van der Waals surface area contributed by atoms with E-state index in [0.29, 0.717) is 19.0 Å². The van der Waals surface area contributed by atoms with Gasteiger partial charge in [-0.3, -0.25) is 4.79 Å². The lowest BCUT2D eigenvalue weighted by Crippen LogP contribution is -2.34. The van der Waals surface area contributed by atoms with Crippen molar-refractivity contribution in [3.63, 3.8) is 0 Å². The molecule has 2 heterocycles. The Kier molecular flexibility index (Phi) is 4.01. The SMILES string of the molecule is CC(=O)N1CCc2onc(CNCC(C)C)c2C1. The summed E-state index contributed by atoms with van der Waals surface area (Å²) in [5, 5.41) is 7.47. The molecule has 0 radical (unpaired) electrons. The van der Waals surface area contributed by atoms with Crippen LogP contribution in [0.4, 0.5) is 0 Å². The van der Waals surface area contributed by atoms with Crippen molar-refractivity contribution in [2.24, 2.45) is 5.92 Å². The Morgan fingerprint density at radius 2 is 2.33 bits per heavy atom. The van der Waals surface area contributed by atoms with E-state index < -0.39 is 0 Å². The quantitative estimate of drug-likeness (QED) is 0.877. The minimum Gasteiger partial charge on any atom is -0.361 e. The van der Waals surface area contributed by atoms with Gasteiger partial charge in [-0.05, 0) is 12.5 Å². The third kappa shape index (κ3) is 2.90. The van der Waals surface area contributed by atoms with Gasteiger partial charge in [0.05, 0.1) is 6.54 Å². The lowest BCUT2D eigenvalue weighted by molar-refractivity contribution is -0.129. The molecule has 1 aromatic rings. The molecule has 5 nitrogen and oxygen atoms in total. The standard InChI is InChI=1S/C13H21N3O2/c1-9(2)6-14-7-12-11-8-16(10(3)17)5-4-13(11)18-15-12/h9,14H,4-8H2,1-3H3. The summed E-state index contributed by atoms with van der Waals surface area (Å²) in [7, 11) is 0. The Bertz CT molecular complexity index is 426. The lowest BCUT2D eigenvalue weighted by atomic mass is 10.1. The van der Waals surface area contributed by atoms with E-state index >= 15 is 0 Å². The van der Waals surface area contributed by atoms with Crippen molar-refractivity contribution in [2.75, 3.05) is 13.1 Å². The van der Waals surface area contributed by atoms with Gasteiger partial charge in [0.15, 0.2) is 0 Å². The molecule has 0 saturated carbocycles. The van der Waals surface area contributed by atoms with Crippen LogP contribution in [0, 0.1) is 5.92 Å². The maximum absolute atomic E-state index is 11.4. The number of carbonyl (C=O) groups excluding carboxylic acids is 1. The highest BCUT2D eigenvalue weighted by Crippen LogP contribution is 2.22. The Balaban J connectivity index is 2.01. The number of aromatic nitrogens is 1. The molecule has 0 saturated heterocycles. The van der Waals surface area contributed by atoms with Crippen molar-refractivity contribution in [2.45, 2.75) is 40.3 Å². The zero-order valence-corrected chi connectivity index (χ0v) is 11.3. The first-order valence-electron chi connectivity index (χ1n) is 6.50. The predicted molar refractivity (Wildman–Crippen MR) is 67.8 cm³/mol. The van der Waals surface area contributed by atoms with Crippen LogP contribution in [0.25, 0.3) is 0 Å². The fraction of sp³-hybridized carbons (Fsp3) is 0.692. The second-order valence-corrected chi connectivity index (χ2v) is 5.25. The number of hydrogen-bond donors (Lipinski definition) is 1. The fourth-order valence-corrected chi connectivity index (χ4v) is 2.15. The summed E-state index contributed by atoms with van der Waals surface area (Å²) in [6, 6.07) is 0. The normalized spacial score (nSPS) is 15.0. The molecule has 0 spiro atoms. The second-order valence-electron chi connectivity index (χ2n) is 5.25. The van der Waals surface area contributed by atoms with E-state index in [-0.39, 0.29) is 5.91 Å². The van der Waals surface area contributed by atoms with Crippen LogP contribution in [0.1, 0.15) is 37.8 Å². The number of carbonyl (C=O) groups is 1. The molecule has 0 atom stereocenters. The third-order valence-corrected chi connectivity index (χ3v) is 3.20. The van der Waals surface area contributed by atoms with Crippen molar-refractivity contribution in [1.29, 1.82) is 0 Å². The molecule has 1 aromatic heterocycles. The monoisotopic (exact) mass is 251 g/mol. The molecule has 0 fully saturated rings. The van der Waals surface area contributed by atoms with Crippen LogP contribution < -0.4 is 5.32 Å². The Morgan fingerprint density at radius 3 is 3.00 bits per heavy atom. The van der Waals surface area contributed by atoms with Crippen molar-refractivity contribution >= 4 is 5.91 Å². The van der Waals surface area contributed by atoms with Crippen LogP contribution in [0.15, 0.2) is 4.52 Å². The summed E-state index contributed by atoms with van der Waals surface area (Å²) < 4.78 is 5.34. The molecule has 5 heteroatoms. The van der Waals surface area contributed by atoms with Gasteiger partial charge in [0, 0.05) is 32.0 Å². The van der Waals surface area contributed by atoms with Gasteiger partial charge >= 0.3 is 0 Å². The van der Waals surface area contributed by atoms with E-state index in [0.717, 1.165) is 36.5 Å². The molecule has 0 aliphatic carbocycles. The van der Waals surface area contributed by atoms with Crippen molar-refractivity contribution < 1.29 is 9.32 Å². The molecule has 0 bridgehead atoms. The average molecular weight is 251 g/mol. The minimum atomic E-state index is 0.114. The highest BCUT2D eigenvalue weighted by atomic mass is 16.5. The van der Waals surface area contributed by atoms with E-state index in [4.69, 9.17) is 4.52 Å². The highest BCUT2D eigenvalue weighted by Gasteiger charge is 2.24. The van der Waals surface area contributed by atoms with Crippen LogP contribution in [0.2, 0.25) is 0 Å². The van der Waals surface area contributed by atoms with Gasteiger partial charge < -0.3 is 14.7 Å². The van der Waals surface area contributed by atoms with Crippen LogP contribution in [0.3, 0.4) is 0 Å². The van der Waals surface area contributed by atoms with Crippen LogP contribution >= 0.6 is 0 Å². The smallest absolute Gasteiger partial charge is 0.219 e. The van der Waals surface area contributed by atoms with Crippen LogP contribution in [0.5, 0.6) is 0 Å². The molecule has 100 valence electrons. The molecule has 18 heavy (non-hydrogen) atoms. The van der Waals surface area contributed by atoms with E-state index in [1.807, 2.05) is 4.90 Å². The Hall–Kier alpha value is -1.36. The first kappa shape index (κ1) is 13.1. The molecule has 1 amide bonds. The zero-order chi connectivity index (χ0) is 13.1. The Morgan fingerprint density at radius 1 is 1.56 bits per heavy atom. The van der Waals surface area contributed by atoms with E-state index in [1.54, 1.807) is 6.92 Å². The van der Waals surface area contributed by atoms with Gasteiger partial charge in [-0.25, -0.2) is 0 Å². The van der Waals surface area contributed by atoms with Gasteiger partial charge in [-0.2, -0.15) is 0 Å². The predicted octanol–water partition coefficient (Wildman–Crippen LogP) is 1.32. The molecule has 0 unspecified atom stereocenters. The molecule has 2 rings (SSSR count). The van der Waals surface area contributed by atoms with Crippen molar-refractivity contribution in [1.82, 2.24) is 15.4 Å². The van der Waals surface area contributed by atoms with Crippen LogP contribution in [-0.2, 0) is 24.3 Å². The minimum absolute atomic E-state index is 0.114. The Labute approximate surface area is 108 Å². The summed E-state index contributed by atoms with van der Waals surface area (Å²) in [6.45, 7) is 8.98.